The molecule has 0 heterocycles. The summed E-state index contributed by atoms with van der Waals surface area (Å²) in [5.41, 5.74) is 9.75. The molecule has 15 heavy (non-hydrogen) atoms. The fraction of sp³-hybridized carbons (Fsp3) is 0.286. The predicted molar refractivity (Wildman–Crippen MR) is 64.6 cm³/mol. The second kappa shape index (κ2) is 3.67. The molecule has 1 atom stereocenters. The summed E-state index contributed by atoms with van der Waals surface area (Å²) in [5.74, 6) is 0. The molecule has 1 aromatic carbocycles. The average Bonchev–Trinajstić information content (AvgIpc) is 2.71. The van der Waals surface area contributed by atoms with Gasteiger partial charge < -0.3 is 5.73 Å². The summed E-state index contributed by atoms with van der Waals surface area (Å²) in [4.78, 5) is 0. The van der Waals surface area contributed by atoms with Gasteiger partial charge in [0, 0.05) is 0 Å². The van der Waals surface area contributed by atoms with Crippen molar-refractivity contribution in [1.82, 2.24) is 0 Å². The van der Waals surface area contributed by atoms with E-state index in [0.29, 0.717) is 0 Å². The Morgan fingerprint density at radius 1 is 1.27 bits per heavy atom. The van der Waals surface area contributed by atoms with Crippen molar-refractivity contribution in [2.45, 2.75) is 25.8 Å². The molecule has 0 spiro atoms. The Morgan fingerprint density at radius 3 is 2.60 bits per heavy atom. The van der Waals surface area contributed by atoms with Crippen LogP contribution in [0.25, 0.3) is 0 Å². The highest BCUT2D eigenvalue weighted by molar-refractivity contribution is 5.45. The van der Waals surface area contributed by atoms with Gasteiger partial charge in [-0.25, -0.2) is 0 Å². The number of hydrogen-bond acceptors (Lipinski definition) is 1. The Hall–Kier alpha value is -1.34. The number of nitrogens with two attached hydrogens (primary N) is 1. The van der Waals surface area contributed by atoms with Crippen molar-refractivity contribution >= 4 is 0 Å². The molecule has 78 valence electrons. The van der Waals surface area contributed by atoms with E-state index in [9.17, 15) is 0 Å². The van der Waals surface area contributed by atoms with Crippen LogP contribution in [0.2, 0.25) is 0 Å². The first kappa shape index (κ1) is 10.2. The lowest BCUT2D eigenvalue weighted by atomic mass is 9.83. The molecule has 0 radical (unpaired) electrons. The minimum Gasteiger partial charge on any atom is -0.318 e. The van der Waals surface area contributed by atoms with Crippen LogP contribution in [-0.4, -0.2) is 0 Å². The van der Waals surface area contributed by atoms with E-state index in [1.807, 2.05) is 12.1 Å². The zero-order valence-electron chi connectivity index (χ0n) is 9.33. The quantitative estimate of drug-likeness (QED) is 0.778. The summed E-state index contributed by atoms with van der Waals surface area (Å²) in [6.45, 7) is 4.19. The van der Waals surface area contributed by atoms with E-state index in [0.717, 1.165) is 6.42 Å². The molecule has 0 aliphatic heterocycles. The zero-order valence-corrected chi connectivity index (χ0v) is 9.33. The van der Waals surface area contributed by atoms with Gasteiger partial charge in [0.15, 0.2) is 0 Å². The molecule has 0 bridgehead atoms. The molecule has 1 heteroatoms. The summed E-state index contributed by atoms with van der Waals surface area (Å²) in [5, 5.41) is 0. The molecule has 0 fully saturated rings. The van der Waals surface area contributed by atoms with Gasteiger partial charge in [-0.15, -0.1) is 0 Å². The van der Waals surface area contributed by atoms with E-state index in [1.165, 1.54) is 16.7 Å². The number of aryl methyl sites for hydroxylation is 1. The molecule has 0 saturated carbocycles. The lowest BCUT2D eigenvalue weighted by Gasteiger charge is -2.27. The standard InChI is InChI=1S/C14H17N/c1-11-7-3-6-10-13(11)14(2,15)12-8-4-5-9-12/h3-4,6-10H,5,15H2,1-2H3. The van der Waals surface area contributed by atoms with Crippen LogP contribution in [0.4, 0.5) is 0 Å². The first-order chi connectivity index (χ1) is 7.12. The molecule has 0 aromatic heterocycles. The molecule has 1 aliphatic rings. The van der Waals surface area contributed by atoms with Gasteiger partial charge >= 0.3 is 0 Å². The Labute approximate surface area is 91.3 Å². The maximum Gasteiger partial charge on any atom is 0.0636 e. The number of hydrogen-bond donors (Lipinski definition) is 1. The summed E-state index contributed by atoms with van der Waals surface area (Å²) in [6.07, 6.45) is 7.49. The number of benzene rings is 1. The third-order valence-corrected chi connectivity index (χ3v) is 3.08. The molecular formula is C14H17N. The normalized spacial score (nSPS) is 18.7. The van der Waals surface area contributed by atoms with E-state index in [4.69, 9.17) is 5.73 Å². The van der Waals surface area contributed by atoms with Gasteiger partial charge in [-0.1, -0.05) is 42.5 Å². The van der Waals surface area contributed by atoms with Crippen molar-refractivity contribution in [2.75, 3.05) is 0 Å². The van der Waals surface area contributed by atoms with Crippen LogP contribution in [0.5, 0.6) is 0 Å². The zero-order chi connectivity index (χ0) is 10.9. The molecule has 2 rings (SSSR count). The second-order valence-corrected chi connectivity index (χ2v) is 4.31. The van der Waals surface area contributed by atoms with Gasteiger partial charge in [0.05, 0.1) is 5.54 Å². The van der Waals surface area contributed by atoms with E-state index in [2.05, 4.69) is 44.2 Å². The Bertz CT molecular complexity index is 425. The molecule has 0 saturated heterocycles. The van der Waals surface area contributed by atoms with Crippen LogP contribution < -0.4 is 5.73 Å². The third-order valence-electron chi connectivity index (χ3n) is 3.08. The molecule has 1 aliphatic carbocycles. The van der Waals surface area contributed by atoms with E-state index >= 15 is 0 Å². The minimum absolute atomic E-state index is 0.363. The van der Waals surface area contributed by atoms with Gasteiger partial charge in [0.1, 0.15) is 0 Å². The smallest absolute Gasteiger partial charge is 0.0636 e. The highest BCUT2D eigenvalue weighted by Gasteiger charge is 2.26. The van der Waals surface area contributed by atoms with Crippen molar-refractivity contribution in [1.29, 1.82) is 0 Å². The average molecular weight is 199 g/mol. The number of rotatable bonds is 2. The molecule has 0 amide bonds. The molecule has 1 unspecified atom stereocenters. The Morgan fingerprint density at radius 2 is 2.00 bits per heavy atom. The maximum atomic E-state index is 6.42. The first-order valence-electron chi connectivity index (χ1n) is 5.34. The molecule has 2 N–H and O–H groups in total. The summed E-state index contributed by atoms with van der Waals surface area (Å²) >= 11 is 0. The second-order valence-electron chi connectivity index (χ2n) is 4.31. The Balaban J connectivity index is 2.45. The highest BCUT2D eigenvalue weighted by atomic mass is 14.7. The van der Waals surface area contributed by atoms with E-state index in [1.54, 1.807) is 0 Å². The third kappa shape index (κ3) is 1.75. The van der Waals surface area contributed by atoms with Crippen LogP contribution in [0.15, 0.2) is 48.1 Å². The van der Waals surface area contributed by atoms with Crippen LogP contribution in [0.1, 0.15) is 24.5 Å². The van der Waals surface area contributed by atoms with Gasteiger partial charge in [-0.05, 0) is 37.0 Å². The van der Waals surface area contributed by atoms with Gasteiger partial charge in [-0.2, -0.15) is 0 Å². The van der Waals surface area contributed by atoms with Crippen LogP contribution in [0.3, 0.4) is 0 Å². The fourth-order valence-corrected chi connectivity index (χ4v) is 2.15. The summed E-state index contributed by atoms with van der Waals surface area (Å²) in [6, 6.07) is 8.32. The van der Waals surface area contributed by atoms with Crippen molar-refractivity contribution in [3.05, 3.63) is 59.2 Å². The SMILES string of the molecule is Cc1ccccc1C(C)(N)C1=CCC=C1. The fourth-order valence-electron chi connectivity index (χ4n) is 2.15. The van der Waals surface area contributed by atoms with E-state index in [-0.39, 0.29) is 5.54 Å². The monoisotopic (exact) mass is 199 g/mol. The highest BCUT2D eigenvalue weighted by Crippen LogP contribution is 2.31. The van der Waals surface area contributed by atoms with Crippen LogP contribution in [-0.2, 0) is 5.54 Å². The lowest BCUT2D eigenvalue weighted by molar-refractivity contribution is 0.598. The van der Waals surface area contributed by atoms with E-state index < -0.39 is 0 Å². The van der Waals surface area contributed by atoms with Gasteiger partial charge in [-0.3, -0.25) is 0 Å². The molecule has 1 aromatic rings. The van der Waals surface area contributed by atoms with Crippen LogP contribution >= 0.6 is 0 Å². The summed E-state index contributed by atoms with van der Waals surface area (Å²) in [7, 11) is 0. The minimum atomic E-state index is -0.363. The van der Waals surface area contributed by atoms with Crippen molar-refractivity contribution in [2.24, 2.45) is 5.73 Å². The van der Waals surface area contributed by atoms with Crippen molar-refractivity contribution < 1.29 is 0 Å². The molecule has 1 nitrogen and oxygen atoms in total. The van der Waals surface area contributed by atoms with Gasteiger partial charge in [0.2, 0.25) is 0 Å². The number of allylic oxidation sites excluding steroid dienone is 2. The van der Waals surface area contributed by atoms with Crippen LogP contribution in [0, 0.1) is 6.92 Å². The first-order valence-corrected chi connectivity index (χ1v) is 5.34. The van der Waals surface area contributed by atoms with Crippen molar-refractivity contribution in [3.63, 3.8) is 0 Å². The maximum absolute atomic E-state index is 6.42. The summed E-state index contributed by atoms with van der Waals surface area (Å²) < 4.78 is 0. The largest absolute Gasteiger partial charge is 0.318 e. The Kier molecular flexibility index (Phi) is 2.49. The van der Waals surface area contributed by atoms with Crippen molar-refractivity contribution in [3.8, 4) is 0 Å². The van der Waals surface area contributed by atoms with Gasteiger partial charge in [0.25, 0.3) is 0 Å². The predicted octanol–water partition coefficient (Wildman–Crippen LogP) is 3.06. The topological polar surface area (TPSA) is 26.0 Å². The lowest BCUT2D eigenvalue weighted by Crippen LogP contribution is -2.35. The molecular weight excluding hydrogens is 182 g/mol.